The van der Waals surface area contributed by atoms with Crippen LogP contribution in [0, 0.1) is 0 Å². The van der Waals surface area contributed by atoms with Gasteiger partial charge in [-0.2, -0.15) is 0 Å². The van der Waals surface area contributed by atoms with Gasteiger partial charge in [0.2, 0.25) is 5.91 Å². The fraction of sp³-hybridized carbons (Fsp3) is 0.857. The Hall–Kier alpha value is -0.820. The highest BCUT2D eigenvalue weighted by atomic mass is 19.4. The van der Waals surface area contributed by atoms with E-state index in [1.54, 1.807) is 0 Å². The van der Waals surface area contributed by atoms with Crippen molar-refractivity contribution in [1.82, 2.24) is 10.6 Å². The Morgan fingerprint density at radius 3 is 2.50 bits per heavy atom. The van der Waals surface area contributed by atoms with E-state index in [4.69, 9.17) is 0 Å². The second-order valence-corrected chi connectivity index (χ2v) is 2.47. The van der Waals surface area contributed by atoms with Gasteiger partial charge in [-0.05, 0) is 0 Å². The van der Waals surface area contributed by atoms with Crippen LogP contribution in [-0.4, -0.2) is 39.0 Å². The van der Waals surface area contributed by atoms with Crippen LogP contribution < -0.4 is 10.6 Å². The van der Waals surface area contributed by atoms with Crippen molar-refractivity contribution < 1.29 is 22.7 Å². The van der Waals surface area contributed by atoms with Crippen molar-refractivity contribution in [2.24, 2.45) is 0 Å². The number of hydrogen-bond acceptors (Lipinski definition) is 3. The predicted molar refractivity (Wildman–Crippen MR) is 43.6 cm³/mol. The standard InChI is InChI=1S/C7H13F3N2O2/c1-11-6(13)2-3-12-4-5-14-7(8,9)10/h12H,2-5H2,1H3,(H,11,13). The number of hydrogen-bond donors (Lipinski definition) is 2. The SMILES string of the molecule is CNC(=O)CCNCCOC(F)(F)F. The zero-order valence-electron chi connectivity index (χ0n) is 7.78. The average Bonchev–Trinajstić information content (AvgIpc) is 2.08. The molecule has 0 saturated heterocycles. The van der Waals surface area contributed by atoms with Gasteiger partial charge in [-0.1, -0.05) is 0 Å². The van der Waals surface area contributed by atoms with E-state index in [0.717, 1.165) is 0 Å². The van der Waals surface area contributed by atoms with Gasteiger partial charge < -0.3 is 10.6 Å². The smallest absolute Gasteiger partial charge is 0.359 e. The summed E-state index contributed by atoms with van der Waals surface area (Å²) in [6.45, 7) is -0.0470. The summed E-state index contributed by atoms with van der Waals surface area (Å²) in [6, 6.07) is 0. The largest absolute Gasteiger partial charge is 0.522 e. The number of rotatable bonds is 6. The summed E-state index contributed by atoms with van der Waals surface area (Å²) < 4.78 is 37.8. The highest BCUT2D eigenvalue weighted by Crippen LogP contribution is 2.14. The minimum atomic E-state index is -4.58. The average molecular weight is 214 g/mol. The van der Waals surface area contributed by atoms with Crippen LogP contribution >= 0.6 is 0 Å². The van der Waals surface area contributed by atoms with E-state index in [1.807, 2.05) is 0 Å². The quantitative estimate of drug-likeness (QED) is 0.623. The molecule has 4 nitrogen and oxygen atoms in total. The van der Waals surface area contributed by atoms with Crippen molar-refractivity contribution in [3.63, 3.8) is 0 Å². The minimum Gasteiger partial charge on any atom is -0.359 e. The number of carbonyl (C=O) groups excluding carboxylic acids is 1. The van der Waals surface area contributed by atoms with Crippen LogP contribution in [0.5, 0.6) is 0 Å². The molecule has 14 heavy (non-hydrogen) atoms. The molecule has 0 radical (unpaired) electrons. The normalized spacial score (nSPS) is 11.4. The lowest BCUT2D eigenvalue weighted by Crippen LogP contribution is -2.28. The van der Waals surface area contributed by atoms with Crippen LogP contribution in [0.1, 0.15) is 6.42 Å². The third-order valence-corrected chi connectivity index (χ3v) is 1.35. The van der Waals surface area contributed by atoms with Crippen LogP contribution in [-0.2, 0) is 9.53 Å². The molecule has 0 rings (SSSR count). The summed E-state index contributed by atoms with van der Waals surface area (Å²) in [5, 5.41) is 5.03. The summed E-state index contributed by atoms with van der Waals surface area (Å²) in [5.74, 6) is -0.158. The van der Waals surface area contributed by atoms with E-state index < -0.39 is 13.0 Å². The van der Waals surface area contributed by atoms with E-state index in [-0.39, 0.29) is 18.9 Å². The number of carbonyl (C=O) groups is 1. The van der Waals surface area contributed by atoms with Gasteiger partial charge in [0.25, 0.3) is 0 Å². The van der Waals surface area contributed by atoms with Crippen molar-refractivity contribution in [3.8, 4) is 0 Å². The van der Waals surface area contributed by atoms with Crippen molar-refractivity contribution in [2.45, 2.75) is 12.8 Å². The molecular formula is C7H13F3N2O2. The Bertz CT molecular complexity index is 173. The first kappa shape index (κ1) is 13.2. The zero-order chi connectivity index (χ0) is 11.0. The molecule has 0 aliphatic rings. The molecule has 0 aliphatic carbocycles. The molecule has 0 bridgehead atoms. The Labute approximate surface area is 79.8 Å². The van der Waals surface area contributed by atoms with Gasteiger partial charge in [-0.15, -0.1) is 13.2 Å². The van der Waals surface area contributed by atoms with E-state index >= 15 is 0 Å². The maximum absolute atomic E-state index is 11.4. The first-order chi connectivity index (χ1) is 6.45. The molecule has 0 saturated carbocycles. The lowest BCUT2D eigenvalue weighted by molar-refractivity contribution is -0.323. The van der Waals surface area contributed by atoms with Crippen molar-refractivity contribution in [3.05, 3.63) is 0 Å². The molecule has 0 heterocycles. The fourth-order valence-corrected chi connectivity index (χ4v) is 0.691. The Kier molecular flexibility index (Phi) is 6.22. The van der Waals surface area contributed by atoms with Gasteiger partial charge in [0.15, 0.2) is 0 Å². The Morgan fingerprint density at radius 2 is 2.00 bits per heavy atom. The van der Waals surface area contributed by atoms with Gasteiger partial charge in [-0.25, -0.2) is 0 Å². The maximum atomic E-state index is 11.4. The van der Waals surface area contributed by atoms with Crippen LogP contribution in [0.25, 0.3) is 0 Å². The van der Waals surface area contributed by atoms with Gasteiger partial charge >= 0.3 is 6.36 Å². The topological polar surface area (TPSA) is 50.4 Å². The second kappa shape index (κ2) is 6.61. The van der Waals surface area contributed by atoms with Crippen LogP contribution in [0.2, 0.25) is 0 Å². The van der Waals surface area contributed by atoms with Crippen LogP contribution in [0.15, 0.2) is 0 Å². The van der Waals surface area contributed by atoms with Gasteiger partial charge in [0.1, 0.15) is 0 Å². The fourth-order valence-electron chi connectivity index (χ4n) is 0.691. The number of nitrogens with one attached hydrogen (secondary N) is 2. The van der Waals surface area contributed by atoms with Crippen LogP contribution in [0.3, 0.4) is 0 Å². The maximum Gasteiger partial charge on any atom is 0.522 e. The minimum absolute atomic E-state index is 0.0660. The third kappa shape index (κ3) is 9.27. The summed E-state index contributed by atoms with van der Waals surface area (Å²) in [6.07, 6.45) is -4.34. The van der Waals surface area contributed by atoms with Gasteiger partial charge in [0.05, 0.1) is 6.61 Å². The van der Waals surface area contributed by atoms with E-state index in [0.29, 0.717) is 6.54 Å². The zero-order valence-corrected chi connectivity index (χ0v) is 7.78. The molecular weight excluding hydrogens is 201 g/mol. The van der Waals surface area contributed by atoms with Crippen molar-refractivity contribution in [2.75, 3.05) is 26.7 Å². The number of ether oxygens (including phenoxy) is 1. The molecule has 0 aromatic rings. The molecule has 0 atom stereocenters. The molecule has 0 aliphatic heterocycles. The summed E-state index contributed by atoms with van der Waals surface area (Å²) in [5.41, 5.74) is 0. The number of amides is 1. The Balaban J connectivity index is 3.18. The molecule has 0 unspecified atom stereocenters. The predicted octanol–water partition coefficient (Wildman–Crippen LogP) is 0.248. The molecule has 0 aromatic heterocycles. The lowest BCUT2D eigenvalue weighted by Gasteiger charge is -2.07. The second-order valence-electron chi connectivity index (χ2n) is 2.47. The summed E-state index contributed by atoms with van der Waals surface area (Å²) in [7, 11) is 1.50. The molecule has 1 amide bonds. The highest BCUT2D eigenvalue weighted by molar-refractivity contribution is 5.75. The lowest BCUT2D eigenvalue weighted by atomic mass is 10.4. The number of halogens is 3. The summed E-state index contributed by atoms with van der Waals surface area (Å²) in [4.78, 5) is 10.6. The van der Waals surface area contributed by atoms with Crippen molar-refractivity contribution >= 4 is 5.91 Å². The van der Waals surface area contributed by atoms with Crippen molar-refractivity contribution in [1.29, 1.82) is 0 Å². The summed E-state index contributed by atoms with van der Waals surface area (Å²) >= 11 is 0. The first-order valence-electron chi connectivity index (χ1n) is 4.07. The molecule has 0 fully saturated rings. The molecule has 2 N–H and O–H groups in total. The highest BCUT2D eigenvalue weighted by Gasteiger charge is 2.28. The first-order valence-corrected chi connectivity index (χ1v) is 4.07. The van der Waals surface area contributed by atoms with Crippen LogP contribution in [0.4, 0.5) is 13.2 Å². The van der Waals surface area contributed by atoms with Gasteiger partial charge in [-0.3, -0.25) is 9.53 Å². The monoisotopic (exact) mass is 214 g/mol. The molecule has 0 aromatic carbocycles. The number of alkyl halides is 3. The van der Waals surface area contributed by atoms with E-state index in [2.05, 4.69) is 15.4 Å². The molecule has 0 spiro atoms. The van der Waals surface area contributed by atoms with E-state index in [9.17, 15) is 18.0 Å². The molecule has 7 heteroatoms. The van der Waals surface area contributed by atoms with E-state index in [1.165, 1.54) is 7.05 Å². The van der Waals surface area contributed by atoms with Gasteiger partial charge in [0, 0.05) is 26.6 Å². The molecule has 84 valence electrons. The third-order valence-electron chi connectivity index (χ3n) is 1.35. The Morgan fingerprint density at radius 1 is 1.36 bits per heavy atom.